The van der Waals surface area contributed by atoms with Gasteiger partial charge in [0.15, 0.2) is 0 Å². The van der Waals surface area contributed by atoms with Crippen LogP contribution in [0, 0.1) is 6.92 Å². The summed E-state index contributed by atoms with van der Waals surface area (Å²) >= 11 is 0. The molecule has 0 N–H and O–H groups in total. The molecule has 146 valence electrons. The lowest BCUT2D eigenvalue weighted by molar-refractivity contribution is -0.134. The zero-order valence-electron chi connectivity index (χ0n) is 16.9. The lowest BCUT2D eigenvalue weighted by atomic mass is 9.95. The standard InChI is InChI=1S/C23H25NO4/c1-15-11-12-19-18(13-15)21(27-16(2)25)14-20(17-9-7-6-8-10-17)24(19)22(26)28-23(3,4)5/h6-14,20H,1-5H3. The number of anilines is 1. The predicted octanol–water partition coefficient (Wildman–Crippen LogP) is 5.40. The number of nitrogens with zero attached hydrogens (tertiary/aromatic N) is 1. The molecule has 2 aromatic carbocycles. The van der Waals surface area contributed by atoms with E-state index in [1.807, 2.05) is 76.2 Å². The highest BCUT2D eigenvalue weighted by Gasteiger charge is 2.36. The normalized spacial score (nSPS) is 16.1. The molecule has 28 heavy (non-hydrogen) atoms. The Balaban J connectivity index is 2.18. The van der Waals surface area contributed by atoms with Crippen LogP contribution in [0.1, 0.15) is 50.4 Å². The van der Waals surface area contributed by atoms with Crippen LogP contribution in [0.25, 0.3) is 5.76 Å². The summed E-state index contributed by atoms with van der Waals surface area (Å²) in [6, 6.07) is 14.8. The fraction of sp³-hybridized carbons (Fsp3) is 0.304. The van der Waals surface area contributed by atoms with Crippen LogP contribution in [0.15, 0.2) is 54.6 Å². The minimum atomic E-state index is -0.636. The lowest BCUT2D eigenvalue weighted by Gasteiger charge is -2.36. The van der Waals surface area contributed by atoms with Crippen molar-refractivity contribution in [1.29, 1.82) is 0 Å². The average molecular weight is 379 g/mol. The molecule has 1 aliphatic rings. The van der Waals surface area contributed by atoms with Gasteiger partial charge in [-0.1, -0.05) is 42.0 Å². The Morgan fingerprint density at radius 1 is 1.04 bits per heavy atom. The van der Waals surface area contributed by atoms with E-state index >= 15 is 0 Å². The van der Waals surface area contributed by atoms with Crippen LogP contribution in [0.4, 0.5) is 10.5 Å². The van der Waals surface area contributed by atoms with E-state index in [0.29, 0.717) is 17.0 Å². The number of carbonyl (C=O) groups is 2. The Bertz CT molecular complexity index is 925. The van der Waals surface area contributed by atoms with Crippen LogP contribution in [0.5, 0.6) is 0 Å². The second kappa shape index (κ2) is 7.50. The van der Waals surface area contributed by atoms with E-state index in [1.54, 1.807) is 11.0 Å². The van der Waals surface area contributed by atoms with Crippen LogP contribution >= 0.6 is 0 Å². The van der Waals surface area contributed by atoms with E-state index in [0.717, 1.165) is 11.1 Å². The molecule has 5 heteroatoms. The van der Waals surface area contributed by atoms with Gasteiger partial charge in [-0.15, -0.1) is 0 Å². The fourth-order valence-electron chi connectivity index (χ4n) is 3.18. The summed E-state index contributed by atoms with van der Waals surface area (Å²) in [4.78, 5) is 26.4. The summed E-state index contributed by atoms with van der Waals surface area (Å²) in [5.41, 5.74) is 2.59. The SMILES string of the molecule is CC(=O)OC1=CC(c2ccccc2)N(C(=O)OC(C)(C)C)c2ccc(C)cc21. The molecule has 0 saturated carbocycles. The van der Waals surface area contributed by atoms with Crippen molar-refractivity contribution >= 4 is 23.5 Å². The molecule has 0 aliphatic carbocycles. The van der Waals surface area contributed by atoms with Crippen LogP contribution in [-0.2, 0) is 14.3 Å². The van der Waals surface area contributed by atoms with Gasteiger partial charge in [-0.25, -0.2) is 4.79 Å². The Hall–Kier alpha value is -3.08. The predicted molar refractivity (Wildman–Crippen MR) is 109 cm³/mol. The zero-order chi connectivity index (χ0) is 20.5. The number of esters is 1. The molecule has 0 bridgehead atoms. The first-order valence-corrected chi connectivity index (χ1v) is 9.24. The summed E-state index contributed by atoms with van der Waals surface area (Å²) in [7, 11) is 0. The second-order valence-electron chi connectivity index (χ2n) is 7.85. The summed E-state index contributed by atoms with van der Waals surface area (Å²) in [5.74, 6) is 0.0381. The number of hydrogen-bond acceptors (Lipinski definition) is 4. The van der Waals surface area contributed by atoms with Crippen molar-refractivity contribution in [2.75, 3.05) is 4.90 Å². The Morgan fingerprint density at radius 2 is 1.71 bits per heavy atom. The molecule has 1 unspecified atom stereocenters. The average Bonchev–Trinajstić information content (AvgIpc) is 2.60. The first-order valence-electron chi connectivity index (χ1n) is 9.24. The van der Waals surface area contributed by atoms with Gasteiger partial charge in [-0.05, 0) is 51.5 Å². The molecule has 0 radical (unpaired) electrons. The number of carbonyl (C=O) groups excluding carboxylic acids is 2. The van der Waals surface area contributed by atoms with Gasteiger partial charge in [0.05, 0.1) is 11.7 Å². The fourth-order valence-corrected chi connectivity index (χ4v) is 3.18. The minimum Gasteiger partial charge on any atom is -0.443 e. The highest BCUT2D eigenvalue weighted by atomic mass is 16.6. The van der Waals surface area contributed by atoms with Gasteiger partial charge in [-0.2, -0.15) is 0 Å². The number of hydrogen-bond donors (Lipinski definition) is 0. The Labute approximate surface area is 165 Å². The minimum absolute atomic E-state index is 0.406. The van der Waals surface area contributed by atoms with Gasteiger partial charge in [0.2, 0.25) is 0 Å². The van der Waals surface area contributed by atoms with Crippen molar-refractivity contribution in [1.82, 2.24) is 0 Å². The molecule has 1 amide bonds. The molecular formula is C23H25NO4. The number of fused-ring (bicyclic) bond motifs is 1. The van der Waals surface area contributed by atoms with Crippen molar-refractivity contribution in [3.05, 3.63) is 71.3 Å². The molecule has 0 fully saturated rings. The highest BCUT2D eigenvalue weighted by molar-refractivity contribution is 5.96. The maximum absolute atomic E-state index is 13.1. The number of rotatable bonds is 2. The van der Waals surface area contributed by atoms with Crippen LogP contribution in [0.3, 0.4) is 0 Å². The maximum atomic E-state index is 13.1. The first kappa shape index (κ1) is 19.7. The molecular weight excluding hydrogens is 354 g/mol. The maximum Gasteiger partial charge on any atom is 0.415 e. The van der Waals surface area contributed by atoms with Gasteiger partial charge in [-0.3, -0.25) is 9.69 Å². The largest absolute Gasteiger partial charge is 0.443 e. The van der Waals surface area contributed by atoms with E-state index in [4.69, 9.17) is 9.47 Å². The molecule has 2 aromatic rings. The van der Waals surface area contributed by atoms with Gasteiger partial charge < -0.3 is 9.47 Å². The molecule has 1 atom stereocenters. The number of aryl methyl sites for hydroxylation is 1. The van der Waals surface area contributed by atoms with E-state index in [2.05, 4.69) is 0 Å². The molecule has 0 aromatic heterocycles. The number of ether oxygens (including phenoxy) is 2. The van der Waals surface area contributed by atoms with E-state index < -0.39 is 23.7 Å². The van der Waals surface area contributed by atoms with Gasteiger partial charge in [0.25, 0.3) is 0 Å². The van der Waals surface area contributed by atoms with Crippen molar-refractivity contribution in [2.45, 2.75) is 46.3 Å². The third-order valence-electron chi connectivity index (χ3n) is 4.25. The van der Waals surface area contributed by atoms with Crippen molar-refractivity contribution < 1.29 is 19.1 Å². The summed E-state index contributed by atoms with van der Waals surface area (Å²) in [5, 5.41) is 0. The number of benzene rings is 2. The van der Waals surface area contributed by atoms with Crippen LogP contribution in [0.2, 0.25) is 0 Å². The quantitative estimate of drug-likeness (QED) is 0.656. The topological polar surface area (TPSA) is 55.8 Å². The summed E-state index contributed by atoms with van der Waals surface area (Å²) in [6.45, 7) is 8.83. The van der Waals surface area contributed by atoms with Crippen molar-refractivity contribution in [3.8, 4) is 0 Å². The van der Waals surface area contributed by atoms with Crippen molar-refractivity contribution in [3.63, 3.8) is 0 Å². The van der Waals surface area contributed by atoms with Gasteiger partial charge in [0, 0.05) is 12.5 Å². The number of amides is 1. The zero-order valence-corrected chi connectivity index (χ0v) is 16.9. The molecule has 0 spiro atoms. The Morgan fingerprint density at radius 3 is 2.32 bits per heavy atom. The smallest absolute Gasteiger partial charge is 0.415 e. The van der Waals surface area contributed by atoms with Crippen LogP contribution < -0.4 is 4.90 Å². The van der Waals surface area contributed by atoms with E-state index in [-0.39, 0.29) is 0 Å². The lowest BCUT2D eigenvalue weighted by Crippen LogP contribution is -2.41. The molecule has 1 aliphatic heterocycles. The third-order valence-corrected chi connectivity index (χ3v) is 4.25. The highest BCUT2D eigenvalue weighted by Crippen LogP contribution is 2.42. The first-order chi connectivity index (χ1) is 13.2. The third kappa shape index (κ3) is 4.25. The van der Waals surface area contributed by atoms with Crippen LogP contribution in [-0.4, -0.2) is 17.7 Å². The molecule has 1 heterocycles. The second-order valence-corrected chi connectivity index (χ2v) is 7.85. The summed E-state index contributed by atoms with van der Waals surface area (Å²) in [6.07, 6.45) is 1.34. The molecule has 0 saturated heterocycles. The van der Waals surface area contributed by atoms with Gasteiger partial charge in [0.1, 0.15) is 11.4 Å². The van der Waals surface area contributed by atoms with E-state index in [9.17, 15) is 9.59 Å². The molecule has 5 nitrogen and oxygen atoms in total. The van der Waals surface area contributed by atoms with E-state index in [1.165, 1.54) is 6.92 Å². The molecule has 3 rings (SSSR count). The Kier molecular flexibility index (Phi) is 5.27. The summed E-state index contributed by atoms with van der Waals surface area (Å²) < 4.78 is 11.2. The van der Waals surface area contributed by atoms with Crippen molar-refractivity contribution in [2.24, 2.45) is 0 Å². The monoisotopic (exact) mass is 379 g/mol. The van der Waals surface area contributed by atoms with Gasteiger partial charge >= 0.3 is 12.1 Å².